The van der Waals surface area contributed by atoms with Crippen LogP contribution in [-0.4, -0.2) is 15.0 Å². The summed E-state index contributed by atoms with van der Waals surface area (Å²) in [7, 11) is -3.54. The lowest BCUT2D eigenvalue weighted by Gasteiger charge is -2.21. The Kier molecular flexibility index (Phi) is 3.88. The van der Waals surface area contributed by atoms with E-state index in [4.69, 9.17) is 10.2 Å². The van der Waals surface area contributed by atoms with Gasteiger partial charge in [0.05, 0.1) is 0 Å². The van der Waals surface area contributed by atoms with Crippen molar-refractivity contribution in [2.45, 2.75) is 51.0 Å². The van der Waals surface area contributed by atoms with Crippen molar-refractivity contribution in [3.63, 3.8) is 0 Å². The molecule has 1 aromatic rings. The van der Waals surface area contributed by atoms with E-state index in [2.05, 4.69) is 4.72 Å². The lowest BCUT2D eigenvalue weighted by atomic mass is 9.89. The van der Waals surface area contributed by atoms with Gasteiger partial charge in [0, 0.05) is 18.7 Å². The van der Waals surface area contributed by atoms with Crippen LogP contribution in [0.1, 0.15) is 42.8 Å². The number of furan rings is 1. The molecule has 3 atom stereocenters. The molecule has 5 nitrogen and oxygen atoms in total. The second kappa shape index (κ2) is 5.41. The topological polar surface area (TPSA) is 85.3 Å². The SMILES string of the molecule is Cc1oc(C)c(S(=O)(=O)NCC2CC3CCC2C3)c1CN. The van der Waals surface area contributed by atoms with Crippen LogP contribution in [0.25, 0.3) is 0 Å². The number of nitrogens with one attached hydrogen (secondary N) is 1. The smallest absolute Gasteiger partial charge is 0.244 e. The first kappa shape index (κ1) is 15.1. The number of hydrogen-bond acceptors (Lipinski definition) is 4. The van der Waals surface area contributed by atoms with Gasteiger partial charge in [-0.2, -0.15) is 0 Å². The van der Waals surface area contributed by atoms with Gasteiger partial charge in [-0.25, -0.2) is 13.1 Å². The molecule has 2 saturated carbocycles. The fraction of sp³-hybridized carbons (Fsp3) is 0.733. The van der Waals surface area contributed by atoms with Crippen LogP contribution >= 0.6 is 0 Å². The Hall–Kier alpha value is -0.850. The van der Waals surface area contributed by atoms with Gasteiger partial charge < -0.3 is 10.2 Å². The highest BCUT2D eigenvalue weighted by atomic mass is 32.2. The lowest BCUT2D eigenvalue weighted by molar-refractivity contribution is 0.332. The van der Waals surface area contributed by atoms with E-state index in [0.717, 1.165) is 5.92 Å². The Balaban J connectivity index is 1.75. The van der Waals surface area contributed by atoms with Crippen molar-refractivity contribution in [3.05, 3.63) is 17.1 Å². The van der Waals surface area contributed by atoms with Crippen molar-refractivity contribution in [1.29, 1.82) is 0 Å². The van der Waals surface area contributed by atoms with Crippen LogP contribution in [0.15, 0.2) is 9.31 Å². The van der Waals surface area contributed by atoms with E-state index in [1.54, 1.807) is 13.8 Å². The molecule has 3 rings (SSSR count). The Morgan fingerprint density at radius 1 is 1.24 bits per heavy atom. The first-order chi connectivity index (χ1) is 9.92. The van der Waals surface area contributed by atoms with Gasteiger partial charge in [0.2, 0.25) is 10.0 Å². The van der Waals surface area contributed by atoms with Crippen LogP contribution in [-0.2, 0) is 16.6 Å². The number of hydrogen-bond donors (Lipinski definition) is 2. The molecule has 3 N–H and O–H groups in total. The molecule has 118 valence electrons. The fourth-order valence-electron chi connectivity index (χ4n) is 4.21. The van der Waals surface area contributed by atoms with E-state index in [1.807, 2.05) is 0 Å². The van der Waals surface area contributed by atoms with Gasteiger partial charge in [0.25, 0.3) is 0 Å². The molecule has 0 radical (unpaired) electrons. The maximum atomic E-state index is 12.6. The van der Waals surface area contributed by atoms with Gasteiger partial charge in [-0.15, -0.1) is 0 Å². The molecule has 21 heavy (non-hydrogen) atoms. The zero-order valence-electron chi connectivity index (χ0n) is 12.7. The summed E-state index contributed by atoms with van der Waals surface area (Å²) in [5.41, 5.74) is 6.27. The zero-order valence-corrected chi connectivity index (χ0v) is 13.5. The van der Waals surface area contributed by atoms with Crippen molar-refractivity contribution in [2.24, 2.45) is 23.5 Å². The summed E-state index contributed by atoms with van der Waals surface area (Å²) in [6, 6.07) is 0. The molecule has 2 fully saturated rings. The van der Waals surface area contributed by atoms with Gasteiger partial charge in [0.1, 0.15) is 16.4 Å². The largest absolute Gasteiger partial charge is 0.465 e. The number of fused-ring (bicyclic) bond motifs is 2. The Morgan fingerprint density at radius 2 is 2.00 bits per heavy atom. The normalized spacial score (nSPS) is 28.4. The van der Waals surface area contributed by atoms with Crippen molar-refractivity contribution in [2.75, 3.05) is 6.54 Å². The molecule has 0 aromatic carbocycles. The van der Waals surface area contributed by atoms with Gasteiger partial charge in [0.15, 0.2) is 0 Å². The van der Waals surface area contributed by atoms with Crippen LogP contribution in [0.3, 0.4) is 0 Å². The second-order valence-electron chi connectivity index (χ2n) is 6.51. The van der Waals surface area contributed by atoms with E-state index in [1.165, 1.54) is 25.7 Å². The molecular weight excluding hydrogens is 288 g/mol. The number of sulfonamides is 1. The highest BCUT2D eigenvalue weighted by molar-refractivity contribution is 7.89. The average Bonchev–Trinajstić information content (AvgIpc) is 3.10. The van der Waals surface area contributed by atoms with Crippen LogP contribution in [0, 0.1) is 31.6 Å². The van der Waals surface area contributed by atoms with E-state index in [9.17, 15) is 8.42 Å². The number of nitrogens with two attached hydrogens (primary N) is 1. The Morgan fingerprint density at radius 3 is 2.57 bits per heavy atom. The summed E-state index contributed by atoms with van der Waals surface area (Å²) in [5.74, 6) is 3.04. The highest BCUT2D eigenvalue weighted by Crippen LogP contribution is 2.48. The molecule has 0 spiro atoms. The lowest BCUT2D eigenvalue weighted by Crippen LogP contribution is -2.32. The molecule has 2 aliphatic rings. The minimum Gasteiger partial charge on any atom is -0.465 e. The Bertz CT molecular complexity index is 636. The predicted octanol–water partition coefficient (Wildman–Crippen LogP) is 2.07. The monoisotopic (exact) mass is 312 g/mol. The highest BCUT2D eigenvalue weighted by Gasteiger charge is 2.40. The average molecular weight is 312 g/mol. The maximum absolute atomic E-state index is 12.6. The number of rotatable bonds is 5. The molecule has 1 heterocycles. The summed E-state index contributed by atoms with van der Waals surface area (Å²) in [6.45, 7) is 4.15. The van der Waals surface area contributed by atoms with Crippen LogP contribution in [0.4, 0.5) is 0 Å². The minimum atomic E-state index is -3.54. The maximum Gasteiger partial charge on any atom is 0.244 e. The molecule has 0 amide bonds. The van der Waals surface area contributed by atoms with Gasteiger partial charge in [-0.1, -0.05) is 6.42 Å². The van der Waals surface area contributed by atoms with Crippen molar-refractivity contribution >= 4 is 10.0 Å². The van der Waals surface area contributed by atoms with E-state index in [0.29, 0.717) is 35.5 Å². The standard InChI is InChI=1S/C15H24N2O3S/c1-9-14(7-16)15(10(2)20-9)21(18,19)17-8-13-6-11-3-4-12(13)5-11/h11-13,17H,3-8,16H2,1-2H3. The van der Waals surface area contributed by atoms with Gasteiger partial charge in [-0.05, 0) is 50.9 Å². The zero-order chi connectivity index (χ0) is 15.2. The molecule has 6 heteroatoms. The predicted molar refractivity (Wildman–Crippen MR) is 80.2 cm³/mol. The van der Waals surface area contributed by atoms with E-state index in [-0.39, 0.29) is 11.4 Å². The van der Waals surface area contributed by atoms with Gasteiger partial charge >= 0.3 is 0 Å². The minimum absolute atomic E-state index is 0.174. The third kappa shape index (κ3) is 2.64. The van der Waals surface area contributed by atoms with Crippen molar-refractivity contribution < 1.29 is 12.8 Å². The van der Waals surface area contributed by atoms with Crippen molar-refractivity contribution in [3.8, 4) is 0 Å². The molecule has 0 aliphatic heterocycles. The quantitative estimate of drug-likeness (QED) is 0.871. The van der Waals surface area contributed by atoms with Crippen LogP contribution < -0.4 is 10.5 Å². The van der Waals surface area contributed by atoms with Crippen molar-refractivity contribution in [1.82, 2.24) is 4.72 Å². The Labute approximate surface area is 126 Å². The summed E-state index contributed by atoms with van der Waals surface area (Å²) in [5, 5.41) is 0. The van der Waals surface area contributed by atoms with E-state index >= 15 is 0 Å². The van der Waals surface area contributed by atoms with Gasteiger partial charge in [-0.3, -0.25) is 0 Å². The first-order valence-electron chi connectivity index (χ1n) is 7.71. The summed E-state index contributed by atoms with van der Waals surface area (Å²) < 4.78 is 33.4. The fourth-order valence-corrected chi connectivity index (χ4v) is 5.76. The number of aryl methyl sites for hydroxylation is 2. The first-order valence-corrected chi connectivity index (χ1v) is 9.19. The van der Waals surface area contributed by atoms with E-state index < -0.39 is 10.0 Å². The third-order valence-electron chi connectivity index (χ3n) is 5.22. The molecular formula is C15H24N2O3S. The molecule has 0 saturated heterocycles. The van der Waals surface area contributed by atoms with Crippen LogP contribution in [0.5, 0.6) is 0 Å². The summed E-state index contributed by atoms with van der Waals surface area (Å²) in [4.78, 5) is 0.241. The molecule has 2 aliphatic carbocycles. The molecule has 3 unspecified atom stereocenters. The summed E-state index contributed by atoms with van der Waals surface area (Å²) >= 11 is 0. The molecule has 1 aromatic heterocycles. The summed E-state index contributed by atoms with van der Waals surface area (Å²) in [6.07, 6.45) is 5.03. The second-order valence-corrected chi connectivity index (χ2v) is 8.22. The van der Waals surface area contributed by atoms with Crippen LogP contribution in [0.2, 0.25) is 0 Å². The third-order valence-corrected chi connectivity index (χ3v) is 6.84. The molecule has 2 bridgehead atoms.